The lowest BCUT2D eigenvalue weighted by Crippen LogP contribution is -2.20. The summed E-state index contributed by atoms with van der Waals surface area (Å²) >= 11 is 5.86. The van der Waals surface area contributed by atoms with Crippen LogP contribution in [-0.4, -0.2) is 24.0 Å². The van der Waals surface area contributed by atoms with E-state index in [2.05, 4.69) is 9.82 Å². The zero-order valence-electron chi connectivity index (χ0n) is 13.9. The van der Waals surface area contributed by atoms with E-state index in [1.807, 2.05) is 0 Å². The fourth-order valence-corrected chi connectivity index (χ4v) is 3.09. The van der Waals surface area contributed by atoms with E-state index in [0.29, 0.717) is 22.0 Å². The second kappa shape index (κ2) is 7.31. The Morgan fingerprint density at radius 2 is 1.69 bits per heavy atom. The Morgan fingerprint density at radius 3 is 2.27 bits per heavy atom. The molecule has 0 saturated carbocycles. The third-order valence-electron chi connectivity index (χ3n) is 3.74. The molecule has 2 aromatic carbocycles. The van der Waals surface area contributed by atoms with Gasteiger partial charge in [0, 0.05) is 22.3 Å². The van der Waals surface area contributed by atoms with E-state index in [4.69, 9.17) is 11.6 Å². The van der Waals surface area contributed by atoms with Crippen LogP contribution in [-0.2, 0) is 10.0 Å². The highest BCUT2D eigenvalue weighted by Gasteiger charge is 2.08. The predicted molar refractivity (Wildman–Crippen MR) is 103 cm³/mol. The molecule has 0 saturated heterocycles. The van der Waals surface area contributed by atoms with Crippen LogP contribution in [0.4, 0.5) is 5.69 Å². The van der Waals surface area contributed by atoms with Crippen molar-refractivity contribution in [2.75, 3.05) is 10.5 Å². The van der Waals surface area contributed by atoms with Gasteiger partial charge in [0.25, 0.3) is 5.56 Å². The molecular weight excluding hydrogens is 374 g/mol. The van der Waals surface area contributed by atoms with Crippen LogP contribution in [0.25, 0.3) is 16.8 Å². The van der Waals surface area contributed by atoms with Crippen LogP contribution in [0.15, 0.2) is 65.6 Å². The third kappa shape index (κ3) is 4.12. The first-order valence-corrected chi connectivity index (χ1v) is 9.87. The fourth-order valence-electron chi connectivity index (χ4n) is 2.32. The van der Waals surface area contributed by atoms with Gasteiger partial charge in [0.1, 0.15) is 0 Å². The van der Waals surface area contributed by atoms with Gasteiger partial charge >= 0.3 is 0 Å². The van der Waals surface area contributed by atoms with Crippen molar-refractivity contribution in [2.45, 2.75) is 6.92 Å². The average molecular weight is 390 g/mol. The van der Waals surface area contributed by atoms with Crippen LogP contribution in [0.3, 0.4) is 0 Å². The van der Waals surface area contributed by atoms with E-state index in [1.54, 1.807) is 61.7 Å². The number of anilines is 1. The molecule has 3 rings (SSSR count). The molecule has 1 aromatic heterocycles. The Bertz CT molecular complexity index is 1080. The van der Waals surface area contributed by atoms with Gasteiger partial charge in [-0.1, -0.05) is 23.7 Å². The van der Waals surface area contributed by atoms with Crippen LogP contribution in [0.5, 0.6) is 0 Å². The maximum atomic E-state index is 12.4. The zero-order chi connectivity index (χ0) is 18.7. The lowest BCUT2D eigenvalue weighted by Gasteiger charge is -2.08. The molecule has 1 N–H and O–H groups in total. The molecule has 0 aliphatic heterocycles. The van der Waals surface area contributed by atoms with Gasteiger partial charge in [0.2, 0.25) is 10.0 Å². The number of nitrogens with one attached hydrogen (secondary N) is 1. The highest BCUT2D eigenvalue weighted by Crippen LogP contribution is 2.20. The molecular formula is C18H16ClN3O3S. The predicted octanol–water partition coefficient (Wildman–Crippen LogP) is 3.31. The van der Waals surface area contributed by atoms with Crippen molar-refractivity contribution in [2.24, 2.45) is 0 Å². The Morgan fingerprint density at radius 1 is 1.04 bits per heavy atom. The third-order valence-corrected chi connectivity index (χ3v) is 5.30. The standard InChI is InChI=1S/C18H16ClN3O3S/c1-2-26(24,25)21-16-7-3-13(4-8-16)14-11-18(23)22(20-12-14)17-9-5-15(19)6-10-17/h3-12,21H,2H2,1H3. The zero-order valence-corrected chi connectivity index (χ0v) is 15.5. The maximum Gasteiger partial charge on any atom is 0.272 e. The number of benzene rings is 2. The molecule has 0 aliphatic rings. The number of nitrogens with zero attached hydrogens (tertiary/aromatic N) is 2. The molecule has 6 nitrogen and oxygen atoms in total. The summed E-state index contributed by atoms with van der Waals surface area (Å²) in [5, 5.41) is 4.78. The van der Waals surface area contributed by atoms with Gasteiger partial charge in [-0.25, -0.2) is 8.42 Å². The van der Waals surface area contributed by atoms with Crippen LogP contribution in [0.2, 0.25) is 5.02 Å². The smallest absolute Gasteiger partial charge is 0.272 e. The van der Waals surface area contributed by atoms with E-state index in [0.717, 1.165) is 5.56 Å². The van der Waals surface area contributed by atoms with E-state index in [9.17, 15) is 13.2 Å². The van der Waals surface area contributed by atoms with Crippen molar-refractivity contribution in [1.82, 2.24) is 9.78 Å². The summed E-state index contributed by atoms with van der Waals surface area (Å²) < 4.78 is 26.9. The van der Waals surface area contributed by atoms with Gasteiger partial charge in [-0.2, -0.15) is 9.78 Å². The summed E-state index contributed by atoms with van der Waals surface area (Å²) in [6.07, 6.45) is 1.58. The molecule has 0 fully saturated rings. The van der Waals surface area contributed by atoms with Crippen molar-refractivity contribution in [1.29, 1.82) is 0 Å². The van der Waals surface area contributed by atoms with Gasteiger partial charge in [-0.3, -0.25) is 9.52 Å². The number of hydrogen-bond donors (Lipinski definition) is 1. The van der Waals surface area contributed by atoms with Crippen molar-refractivity contribution >= 4 is 27.3 Å². The van der Waals surface area contributed by atoms with Crippen molar-refractivity contribution in [3.63, 3.8) is 0 Å². The molecule has 26 heavy (non-hydrogen) atoms. The lowest BCUT2D eigenvalue weighted by atomic mass is 10.1. The summed E-state index contributed by atoms with van der Waals surface area (Å²) in [7, 11) is -3.32. The Balaban J connectivity index is 1.87. The number of rotatable bonds is 5. The van der Waals surface area contributed by atoms with Gasteiger partial charge < -0.3 is 0 Å². The lowest BCUT2D eigenvalue weighted by molar-refractivity contribution is 0.602. The van der Waals surface area contributed by atoms with Gasteiger partial charge in [0.05, 0.1) is 17.6 Å². The minimum absolute atomic E-state index is 0.00158. The normalized spacial score (nSPS) is 11.3. The van der Waals surface area contributed by atoms with E-state index < -0.39 is 10.0 Å². The van der Waals surface area contributed by atoms with E-state index in [1.165, 1.54) is 10.7 Å². The summed E-state index contributed by atoms with van der Waals surface area (Å²) in [4.78, 5) is 12.4. The SMILES string of the molecule is CCS(=O)(=O)Nc1ccc(-c2cnn(-c3ccc(Cl)cc3)c(=O)c2)cc1. The Labute approximate surface area is 156 Å². The van der Waals surface area contributed by atoms with Crippen LogP contribution in [0, 0.1) is 0 Å². The van der Waals surface area contributed by atoms with E-state index >= 15 is 0 Å². The minimum Gasteiger partial charge on any atom is -0.284 e. The largest absolute Gasteiger partial charge is 0.284 e. The first-order chi connectivity index (χ1) is 12.4. The number of sulfonamides is 1. The topological polar surface area (TPSA) is 81.1 Å². The van der Waals surface area contributed by atoms with Crippen molar-refractivity contribution < 1.29 is 8.42 Å². The highest BCUT2D eigenvalue weighted by atomic mass is 35.5. The molecule has 0 bridgehead atoms. The number of hydrogen-bond acceptors (Lipinski definition) is 4. The summed E-state index contributed by atoms with van der Waals surface area (Å²) in [6, 6.07) is 15.0. The number of halogens is 1. The Hall–Kier alpha value is -2.64. The fraction of sp³-hybridized carbons (Fsp3) is 0.111. The Kier molecular flexibility index (Phi) is 5.11. The van der Waals surface area contributed by atoms with Gasteiger partial charge in [0.15, 0.2) is 0 Å². The summed E-state index contributed by atoms with van der Waals surface area (Å²) in [5.41, 5.74) is 2.22. The molecule has 0 unspecified atom stereocenters. The molecule has 1 heterocycles. The molecule has 134 valence electrons. The first-order valence-electron chi connectivity index (χ1n) is 7.84. The van der Waals surface area contributed by atoms with Gasteiger partial charge in [-0.05, 0) is 48.9 Å². The molecule has 0 radical (unpaired) electrons. The second-order valence-corrected chi connectivity index (χ2v) is 8.00. The van der Waals surface area contributed by atoms with Crippen LogP contribution in [0.1, 0.15) is 6.92 Å². The van der Waals surface area contributed by atoms with Crippen molar-refractivity contribution in [3.8, 4) is 16.8 Å². The average Bonchev–Trinajstić information content (AvgIpc) is 2.63. The molecule has 0 spiro atoms. The maximum absolute atomic E-state index is 12.4. The summed E-state index contributed by atoms with van der Waals surface area (Å²) in [6.45, 7) is 1.57. The molecule has 8 heteroatoms. The minimum atomic E-state index is -3.32. The van der Waals surface area contributed by atoms with E-state index in [-0.39, 0.29) is 11.3 Å². The van der Waals surface area contributed by atoms with Crippen molar-refractivity contribution in [3.05, 3.63) is 76.2 Å². The highest BCUT2D eigenvalue weighted by molar-refractivity contribution is 7.92. The second-order valence-electron chi connectivity index (χ2n) is 5.55. The molecule has 0 aliphatic carbocycles. The summed E-state index contributed by atoms with van der Waals surface area (Å²) in [5.74, 6) is 0.00158. The molecule has 0 amide bonds. The molecule has 3 aromatic rings. The quantitative estimate of drug-likeness (QED) is 0.725. The molecule has 0 atom stereocenters. The van der Waals surface area contributed by atoms with Gasteiger partial charge in [-0.15, -0.1) is 0 Å². The number of aromatic nitrogens is 2. The first kappa shape index (κ1) is 18.2. The van der Waals surface area contributed by atoms with Crippen LogP contribution < -0.4 is 10.3 Å². The monoisotopic (exact) mass is 389 g/mol. The van der Waals surface area contributed by atoms with Crippen LogP contribution >= 0.6 is 11.6 Å².